The molecule has 0 aliphatic heterocycles. The summed E-state index contributed by atoms with van der Waals surface area (Å²) in [5, 5.41) is 5.35. The average Bonchev–Trinajstić information content (AvgIpc) is 2.78. The molecule has 0 amide bonds. The monoisotopic (exact) mass is 270 g/mol. The van der Waals surface area contributed by atoms with Gasteiger partial charge >= 0.3 is 11.9 Å². The van der Waals surface area contributed by atoms with Gasteiger partial charge in [-0.15, -0.1) is 11.3 Å². The van der Waals surface area contributed by atoms with Crippen molar-refractivity contribution in [2.75, 3.05) is 19.5 Å². The molecule has 1 N–H and O–H groups in total. The van der Waals surface area contributed by atoms with Gasteiger partial charge in [0.25, 0.3) is 0 Å². The molecule has 0 bridgehead atoms. The molecule has 0 saturated heterocycles. The van der Waals surface area contributed by atoms with E-state index in [1.165, 1.54) is 31.8 Å². The van der Waals surface area contributed by atoms with Crippen LogP contribution in [-0.4, -0.2) is 31.1 Å². The van der Waals surface area contributed by atoms with Crippen molar-refractivity contribution in [1.29, 1.82) is 0 Å². The van der Waals surface area contributed by atoms with E-state index < -0.39 is 11.9 Å². The molecule has 18 heavy (non-hydrogen) atoms. The molecule has 0 unspecified atom stereocenters. The maximum atomic E-state index is 11.4. The van der Waals surface area contributed by atoms with E-state index in [1.54, 1.807) is 0 Å². The van der Waals surface area contributed by atoms with E-state index in [2.05, 4.69) is 19.8 Å². The maximum Gasteiger partial charge on any atom is 0.335 e. The number of hydrogen-bond acceptors (Lipinski definition) is 7. The van der Waals surface area contributed by atoms with Crippen molar-refractivity contribution in [1.82, 2.24) is 4.98 Å². The summed E-state index contributed by atoms with van der Waals surface area (Å²) >= 11 is 1.40. The summed E-state index contributed by atoms with van der Waals surface area (Å²) in [5.74, 6) is -1.09. The standard InChI is InChI=1S/C11H14N2O4S/c1-7-6-18-11(13-7)12-5-8(10(15)17-3)4-9(14)16-2/h5-6H,4H2,1-3H3,(H,12,13). The van der Waals surface area contributed by atoms with Crippen LogP contribution in [0.25, 0.3) is 0 Å². The fourth-order valence-corrected chi connectivity index (χ4v) is 1.77. The van der Waals surface area contributed by atoms with Crippen molar-refractivity contribution in [2.24, 2.45) is 0 Å². The molecule has 1 heterocycles. The van der Waals surface area contributed by atoms with E-state index in [0.29, 0.717) is 5.13 Å². The molecule has 0 spiro atoms. The smallest absolute Gasteiger partial charge is 0.335 e. The van der Waals surface area contributed by atoms with Crippen LogP contribution in [0.2, 0.25) is 0 Å². The number of nitrogens with zero attached hydrogens (tertiary/aromatic N) is 1. The van der Waals surface area contributed by atoms with Gasteiger partial charge < -0.3 is 14.8 Å². The van der Waals surface area contributed by atoms with Gasteiger partial charge in [0.1, 0.15) is 0 Å². The Morgan fingerprint density at radius 1 is 1.44 bits per heavy atom. The highest BCUT2D eigenvalue weighted by atomic mass is 32.1. The predicted molar refractivity (Wildman–Crippen MR) is 67.2 cm³/mol. The first-order valence-electron chi connectivity index (χ1n) is 5.09. The van der Waals surface area contributed by atoms with Gasteiger partial charge in [-0.3, -0.25) is 4.79 Å². The number of carbonyl (C=O) groups excluding carboxylic acids is 2. The van der Waals surface area contributed by atoms with Crippen molar-refractivity contribution in [2.45, 2.75) is 13.3 Å². The number of carbonyl (C=O) groups is 2. The van der Waals surface area contributed by atoms with Crippen LogP contribution < -0.4 is 5.32 Å². The van der Waals surface area contributed by atoms with Gasteiger partial charge in [-0.1, -0.05) is 0 Å². The quantitative estimate of drug-likeness (QED) is 0.645. The number of hydrogen-bond donors (Lipinski definition) is 1. The first-order valence-corrected chi connectivity index (χ1v) is 5.97. The van der Waals surface area contributed by atoms with E-state index in [4.69, 9.17) is 0 Å². The van der Waals surface area contributed by atoms with Crippen LogP contribution in [-0.2, 0) is 19.1 Å². The van der Waals surface area contributed by atoms with Gasteiger partial charge in [0.05, 0.1) is 31.9 Å². The van der Waals surface area contributed by atoms with E-state index in [9.17, 15) is 9.59 Å². The first-order chi connectivity index (χ1) is 8.56. The number of aryl methyl sites for hydroxylation is 1. The number of rotatable bonds is 5. The zero-order chi connectivity index (χ0) is 13.5. The Morgan fingerprint density at radius 3 is 2.67 bits per heavy atom. The van der Waals surface area contributed by atoms with Crippen LogP contribution in [0, 0.1) is 6.92 Å². The molecule has 7 heteroatoms. The van der Waals surface area contributed by atoms with Crippen LogP contribution in [0.15, 0.2) is 17.2 Å². The number of nitrogens with one attached hydrogen (secondary N) is 1. The molecule has 0 atom stereocenters. The molecule has 1 aromatic rings. The van der Waals surface area contributed by atoms with Crippen molar-refractivity contribution >= 4 is 28.4 Å². The summed E-state index contributed by atoms with van der Waals surface area (Å²) in [5.41, 5.74) is 1.06. The largest absolute Gasteiger partial charge is 0.469 e. The molecular weight excluding hydrogens is 256 g/mol. The Kier molecular flexibility index (Phi) is 5.31. The third-order valence-corrected chi connectivity index (χ3v) is 2.89. The lowest BCUT2D eigenvalue weighted by molar-refractivity contribution is -0.143. The van der Waals surface area contributed by atoms with Crippen LogP contribution in [0.4, 0.5) is 5.13 Å². The molecule has 0 aromatic carbocycles. The minimum absolute atomic E-state index is 0.152. The van der Waals surface area contributed by atoms with Crippen LogP contribution in [0.5, 0.6) is 0 Å². The summed E-state index contributed by atoms with van der Waals surface area (Å²) in [7, 11) is 2.51. The Morgan fingerprint density at radius 2 is 2.17 bits per heavy atom. The van der Waals surface area contributed by atoms with Crippen molar-refractivity contribution in [3.05, 3.63) is 22.8 Å². The Bertz CT molecular complexity index is 467. The van der Waals surface area contributed by atoms with Gasteiger partial charge in [-0.2, -0.15) is 0 Å². The molecule has 0 radical (unpaired) electrons. The number of anilines is 1. The SMILES string of the molecule is COC(=O)CC(=CNc1nc(C)cs1)C(=O)OC. The second-order valence-corrected chi connectivity index (χ2v) is 4.21. The molecule has 0 aliphatic rings. The van der Waals surface area contributed by atoms with Gasteiger partial charge in [0.2, 0.25) is 0 Å². The van der Waals surface area contributed by atoms with E-state index >= 15 is 0 Å². The highest BCUT2D eigenvalue weighted by molar-refractivity contribution is 7.13. The van der Waals surface area contributed by atoms with E-state index in [-0.39, 0.29) is 12.0 Å². The summed E-state index contributed by atoms with van der Waals surface area (Å²) in [4.78, 5) is 26.7. The van der Waals surface area contributed by atoms with Gasteiger partial charge in [0.15, 0.2) is 5.13 Å². The van der Waals surface area contributed by atoms with E-state index in [0.717, 1.165) is 5.69 Å². The first kappa shape index (κ1) is 14.2. The number of thiazole rings is 1. The van der Waals surface area contributed by atoms with Crippen molar-refractivity contribution < 1.29 is 19.1 Å². The third kappa shape index (κ3) is 4.17. The van der Waals surface area contributed by atoms with Crippen LogP contribution in [0.1, 0.15) is 12.1 Å². The molecule has 1 aromatic heterocycles. The van der Waals surface area contributed by atoms with Crippen LogP contribution in [0.3, 0.4) is 0 Å². The number of methoxy groups -OCH3 is 2. The highest BCUT2D eigenvalue weighted by Gasteiger charge is 2.14. The Balaban J connectivity index is 2.75. The average molecular weight is 270 g/mol. The fourth-order valence-electron chi connectivity index (χ4n) is 1.11. The van der Waals surface area contributed by atoms with Gasteiger partial charge in [-0.25, -0.2) is 9.78 Å². The predicted octanol–water partition coefficient (Wildman–Crippen LogP) is 1.48. The molecule has 1 rings (SSSR count). The summed E-state index contributed by atoms with van der Waals surface area (Å²) in [6.07, 6.45) is 1.25. The lowest BCUT2D eigenvalue weighted by atomic mass is 10.2. The minimum Gasteiger partial charge on any atom is -0.469 e. The van der Waals surface area contributed by atoms with E-state index in [1.807, 2.05) is 12.3 Å². The normalized spacial score (nSPS) is 10.9. The number of aromatic nitrogens is 1. The Labute approximate surface area is 109 Å². The van der Waals surface area contributed by atoms with Crippen LogP contribution >= 0.6 is 11.3 Å². The highest BCUT2D eigenvalue weighted by Crippen LogP contribution is 2.15. The second-order valence-electron chi connectivity index (χ2n) is 3.35. The summed E-state index contributed by atoms with van der Waals surface area (Å²) in [6.45, 7) is 1.86. The second kappa shape index (κ2) is 6.75. The third-order valence-electron chi connectivity index (χ3n) is 2.00. The molecule has 0 fully saturated rings. The fraction of sp³-hybridized carbons (Fsp3) is 0.364. The number of esters is 2. The van der Waals surface area contributed by atoms with Gasteiger partial charge in [-0.05, 0) is 6.92 Å². The van der Waals surface area contributed by atoms with Gasteiger partial charge in [0, 0.05) is 11.6 Å². The summed E-state index contributed by atoms with van der Waals surface area (Å²) < 4.78 is 9.08. The minimum atomic E-state index is -0.582. The topological polar surface area (TPSA) is 77.5 Å². The number of ether oxygens (including phenoxy) is 2. The molecular formula is C11H14N2O4S. The zero-order valence-corrected chi connectivity index (χ0v) is 11.2. The zero-order valence-electron chi connectivity index (χ0n) is 10.4. The summed E-state index contributed by atoms with van der Waals surface area (Å²) in [6, 6.07) is 0. The lowest BCUT2D eigenvalue weighted by Crippen LogP contribution is -2.12. The molecule has 0 aliphatic carbocycles. The Hall–Kier alpha value is -1.89. The molecule has 6 nitrogen and oxygen atoms in total. The van der Waals surface area contributed by atoms with Crippen molar-refractivity contribution in [3.63, 3.8) is 0 Å². The molecule has 98 valence electrons. The maximum absolute atomic E-state index is 11.4. The lowest BCUT2D eigenvalue weighted by Gasteiger charge is -2.04. The molecule has 0 saturated carbocycles. The van der Waals surface area contributed by atoms with Crippen molar-refractivity contribution in [3.8, 4) is 0 Å².